The van der Waals surface area contributed by atoms with E-state index in [0.717, 1.165) is 10.1 Å². The fourth-order valence-electron chi connectivity index (χ4n) is 3.36. The molecule has 1 fully saturated rings. The van der Waals surface area contributed by atoms with Gasteiger partial charge in [0.1, 0.15) is 18.1 Å². The molecule has 1 amide bonds. The molecule has 0 radical (unpaired) electrons. The lowest BCUT2D eigenvalue weighted by Gasteiger charge is -2.30. The van der Waals surface area contributed by atoms with E-state index in [4.69, 9.17) is 10.5 Å². The Kier molecular flexibility index (Phi) is 6.71. The van der Waals surface area contributed by atoms with Crippen molar-refractivity contribution in [3.8, 4) is 0 Å². The van der Waals surface area contributed by atoms with Gasteiger partial charge in [-0.2, -0.15) is 0 Å². The van der Waals surface area contributed by atoms with Crippen LogP contribution >= 0.6 is 0 Å². The summed E-state index contributed by atoms with van der Waals surface area (Å²) in [5, 5.41) is 2.76. The number of ether oxygens (including phenoxy) is 1. The van der Waals surface area contributed by atoms with Gasteiger partial charge in [0.25, 0.3) is 5.56 Å². The zero-order chi connectivity index (χ0) is 20.8. The quantitative estimate of drug-likeness (QED) is 0.683. The van der Waals surface area contributed by atoms with E-state index in [9.17, 15) is 14.4 Å². The van der Waals surface area contributed by atoms with Crippen LogP contribution in [0.2, 0.25) is 0 Å². The lowest BCUT2D eigenvalue weighted by molar-refractivity contribution is -0.121. The van der Waals surface area contributed by atoms with Crippen molar-refractivity contribution in [3.63, 3.8) is 0 Å². The first kappa shape index (κ1) is 20.7. The van der Waals surface area contributed by atoms with Crippen molar-refractivity contribution < 1.29 is 9.53 Å². The number of nitrogens with zero attached hydrogens (tertiary/aromatic N) is 3. The van der Waals surface area contributed by atoms with Gasteiger partial charge in [0.05, 0.1) is 13.2 Å². The maximum absolute atomic E-state index is 13.1. The zero-order valence-electron chi connectivity index (χ0n) is 16.6. The highest BCUT2D eigenvalue weighted by atomic mass is 16.5. The van der Waals surface area contributed by atoms with Crippen molar-refractivity contribution in [2.75, 3.05) is 36.9 Å². The summed E-state index contributed by atoms with van der Waals surface area (Å²) < 4.78 is 7.69. The van der Waals surface area contributed by atoms with Crippen LogP contribution in [-0.4, -0.2) is 41.3 Å². The summed E-state index contributed by atoms with van der Waals surface area (Å²) in [4.78, 5) is 40.2. The molecule has 0 saturated carbocycles. The first-order valence-electron chi connectivity index (χ1n) is 9.79. The van der Waals surface area contributed by atoms with Gasteiger partial charge in [-0.3, -0.25) is 14.2 Å². The molecule has 0 unspecified atom stereocenters. The number of hydrogen-bond donors (Lipinski definition) is 2. The summed E-state index contributed by atoms with van der Waals surface area (Å²) in [6, 6.07) is 9.43. The monoisotopic (exact) mass is 401 g/mol. The number of morpholine rings is 1. The first-order chi connectivity index (χ1) is 14.0. The average Bonchev–Trinajstić information content (AvgIpc) is 2.74. The number of hydrogen-bond acceptors (Lipinski definition) is 6. The van der Waals surface area contributed by atoms with Crippen LogP contribution in [0.3, 0.4) is 0 Å². The number of benzene rings is 1. The molecule has 0 spiro atoms. The molecule has 1 aromatic heterocycles. The van der Waals surface area contributed by atoms with Crippen molar-refractivity contribution >= 4 is 17.4 Å². The minimum atomic E-state index is -0.568. The maximum Gasteiger partial charge on any atom is 0.333 e. The van der Waals surface area contributed by atoms with Gasteiger partial charge in [-0.15, -0.1) is 0 Å². The molecule has 3 rings (SSSR count). The SMILES string of the molecule is CCCn1c(N)c(N2CCOCC2)c(=O)n(CC(=O)NCc2ccccc2)c1=O. The lowest BCUT2D eigenvalue weighted by Crippen LogP contribution is -2.49. The number of nitrogens with one attached hydrogen (secondary N) is 1. The largest absolute Gasteiger partial charge is 0.383 e. The summed E-state index contributed by atoms with van der Waals surface area (Å²) in [6.07, 6.45) is 0.672. The fourth-order valence-corrected chi connectivity index (χ4v) is 3.36. The Hall–Kier alpha value is -3.07. The Balaban J connectivity index is 1.90. The van der Waals surface area contributed by atoms with Gasteiger partial charge in [0, 0.05) is 26.2 Å². The third-order valence-electron chi connectivity index (χ3n) is 4.85. The normalized spacial score (nSPS) is 14.0. The van der Waals surface area contributed by atoms with Gasteiger partial charge in [-0.1, -0.05) is 37.3 Å². The molecule has 2 aromatic rings. The van der Waals surface area contributed by atoms with Crippen LogP contribution in [0, 0.1) is 0 Å². The van der Waals surface area contributed by atoms with E-state index in [2.05, 4.69) is 5.32 Å². The number of nitrogens with two attached hydrogens (primary N) is 1. The highest BCUT2D eigenvalue weighted by molar-refractivity contribution is 5.76. The standard InChI is InChI=1S/C20H27N5O4/c1-2-8-24-18(21)17(23-9-11-29-12-10-23)19(27)25(20(24)28)14-16(26)22-13-15-6-4-3-5-7-15/h3-7H,2,8-14,21H2,1H3,(H,22,26). The van der Waals surface area contributed by atoms with E-state index in [0.29, 0.717) is 45.8 Å². The van der Waals surface area contributed by atoms with Crippen molar-refractivity contribution in [1.29, 1.82) is 0 Å². The van der Waals surface area contributed by atoms with E-state index in [1.165, 1.54) is 4.57 Å². The summed E-state index contributed by atoms with van der Waals surface area (Å²) in [6.45, 7) is 4.21. The van der Waals surface area contributed by atoms with Gasteiger partial charge in [0.15, 0.2) is 0 Å². The highest BCUT2D eigenvalue weighted by Gasteiger charge is 2.24. The van der Waals surface area contributed by atoms with Crippen molar-refractivity contribution in [3.05, 3.63) is 56.7 Å². The number of carbonyl (C=O) groups excluding carboxylic acids is 1. The Morgan fingerprint density at radius 1 is 1.14 bits per heavy atom. The molecule has 1 aliphatic rings. The van der Waals surface area contributed by atoms with Crippen LogP contribution in [0.5, 0.6) is 0 Å². The van der Waals surface area contributed by atoms with Crippen LogP contribution in [0.1, 0.15) is 18.9 Å². The predicted molar refractivity (Wildman–Crippen MR) is 111 cm³/mol. The van der Waals surface area contributed by atoms with E-state index >= 15 is 0 Å². The maximum atomic E-state index is 13.1. The summed E-state index contributed by atoms with van der Waals surface area (Å²) >= 11 is 0. The molecule has 1 aliphatic heterocycles. The molecule has 3 N–H and O–H groups in total. The van der Waals surface area contributed by atoms with Crippen LogP contribution in [0.15, 0.2) is 39.9 Å². The Morgan fingerprint density at radius 3 is 2.48 bits per heavy atom. The topological polar surface area (TPSA) is 112 Å². The van der Waals surface area contributed by atoms with E-state index in [-0.39, 0.29) is 18.1 Å². The Labute approximate surface area is 168 Å². The Morgan fingerprint density at radius 2 is 1.83 bits per heavy atom. The van der Waals surface area contributed by atoms with Crippen molar-refractivity contribution in [2.24, 2.45) is 0 Å². The summed E-state index contributed by atoms with van der Waals surface area (Å²) in [5.74, 6) is -0.265. The van der Waals surface area contributed by atoms with Crippen molar-refractivity contribution in [2.45, 2.75) is 33.0 Å². The molecule has 9 nitrogen and oxygen atoms in total. The molecular formula is C20H27N5O4. The number of nitrogen functional groups attached to an aromatic ring is 1. The highest BCUT2D eigenvalue weighted by Crippen LogP contribution is 2.18. The van der Waals surface area contributed by atoms with Crippen LogP contribution < -0.4 is 27.2 Å². The van der Waals surface area contributed by atoms with E-state index in [1.807, 2.05) is 42.2 Å². The summed E-state index contributed by atoms with van der Waals surface area (Å²) in [5.41, 5.74) is 6.28. The lowest BCUT2D eigenvalue weighted by atomic mass is 10.2. The number of amides is 1. The molecule has 1 saturated heterocycles. The molecular weight excluding hydrogens is 374 g/mol. The van der Waals surface area contributed by atoms with Gasteiger partial charge in [-0.25, -0.2) is 9.36 Å². The minimum absolute atomic E-state index is 0.143. The fraction of sp³-hybridized carbons (Fsp3) is 0.450. The Bertz CT molecular complexity index is 961. The molecule has 2 heterocycles. The molecule has 0 bridgehead atoms. The third-order valence-corrected chi connectivity index (χ3v) is 4.85. The minimum Gasteiger partial charge on any atom is -0.383 e. The average molecular weight is 401 g/mol. The van der Waals surface area contributed by atoms with Gasteiger partial charge >= 0.3 is 5.69 Å². The predicted octanol–water partition coefficient (Wildman–Crippen LogP) is 0.155. The number of rotatable bonds is 7. The third kappa shape index (κ3) is 4.68. The number of anilines is 2. The van der Waals surface area contributed by atoms with Crippen LogP contribution in [-0.2, 0) is 29.2 Å². The molecule has 1 aromatic carbocycles. The van der Waals surface area contributed by atoms with Gasteiger partial charge in [-0.05, 0) is 12.0 Å². The summed E-state index contributed by atoms with van der Waals surface area (Å²) in [7, 11) is 0. The van der Waals surface area contributed by atoms with Gasteiger partial charge < -0.3 is 20.7 Å². The molecule has 0 atom stereocenters. The van der Waals surface area contributed by atoms with E-state index < -0.39 is 17.2 Å². The smallest absolute Gasteiger partial charge is 0.333 e. The van der Waals surface area contributed by atoms with Crippen molar-refractivity contribution in [1.82, 2.24) is 14.5 Å². The second-order valence-electron chi connectivity index (χ2n) is 6.92. The second kappa shape index (κ2) is 9.42. The second-order valence-corrected chi connectivity index (χ2v) is 6.92. The molecule has 29 heavy (non-hydrogen) atoms. The van der Waals surface area contributed by atoms with Crippen LogP contribution in [0.25, 0.3) is 0 Å². The van der Waals surface area contributed by atoms with E-state index in [1.54, 1.807) is 0 Å². The molecule has 9 heteroatoms. The number of aromatic nitrogens is 2. The molecule has 156 valence electrons. The van der Waals surface area contributed by atoms with Crippen LogP contribution in [0.4, 0.5) is 11.5 Å². The number of carbonyl (C=O) groups is 1. The zero-order valence-corrected chi connectivity index (χ0v) is 16.6. The first-order valence-corrected chi connectivity index (χ1v) is 9.79. The van der Waals surface area contributed by atoms with Gasteiger partial charge in [0.2, 0.25) is 5.91 Å². The molecule has 0 aliphatic carbocycles.